The lowest BCUT2D eigenvalue weighted by atomic mass is 10.1. The Balaban J connectivity index is 2.31. The van der Waals surface area contributed by atoms with E-state index in [2.05, 4.69) is 34.3 Å². The number of aromatic nitrogens is 3. The first kappa shape index (κ1) is 14.5. The quantitative estimate of drug-likeness (QED) is 0.634. The lowest BCUT2D eigenvalue weighted by molar-refractivity contribution is -0.107. The summed E-state index contributed by atoms with van der Waals surface area (Å²) in [6, 6.07) is 4.00. The molecular formula is C14H17ClN4O. The van der Waals surface area contributed by atoms with E-state index in [1.54, 1.807) is 12.3 Å². The molecule has 5 nitrogen and oxygen atoms in total. The third-order valence-corrected chi connectivity index (χ3v) is 2.96. The van der Waals surface area contributed by atoms with Crippen molar-refractivity contribution in [1.29, 1.82) is 0 Å². The molecule has 2 aromatic rings. The summed E-state index contributed by atoms with van der Waals surface area (Å²) >= 11 is 5.94. The van der Waals surface area contributed by atoms with E-state index < -0.39 is 0 Å². The van der Waals surface area contributed by atoms with Crippen LogP contribution >= 0.6 is 11.6 Å². The van der Waals surface area contributed by atoms with E-state index in [0.29, 0.717) is 18.0 Å². The second-order valence-corrected chi connectivity index (χ2v) is 5.22. The molecule has 0 saturated heterocycles. The van der Waals surface area contributed by atoms with Crippen LogP contribution in [-0.4, -0.2) is 27.5 Å². The normalized spacial score (nSPS) is 10.8. The van der Waals surface area contributed by atoms with Crippen molar-refractivity contribution in [3.05, 3.63) is 29.2 Å². The van der Waals surface area contributed by atoms with E-state index in [0.717, 1.165) is 28.9 Å². The van der Waals surface area contributed by atoms with Crippen LogP contribution in [0.4, 0.5) is 5.69 Å². The van der Waals surface area contributed by atoms with E-state index in [-0.39, 0.29) is 6.04 Å². The number of pyridine rings is 1. The molecule has 2 N–H and O–H groups in total. The molecule has 2 heterocycles. The third-order valence-electron chi connectivity index (χ3n) is 2.75. The number of rotatable bonds is 6. The summed E-state index contributed by atoms with van der Waals surface area (Å²) in [5, 5.41) is 11.0. The minimum Gasteiger partial charge on any atom is -0.382 e. The second-order valence-electron chi connectivity index (χ2n) is 4.84. The number of hydrogen-bond acceptors (Lipinski definition) is 4. The Bertz CT molecular complexity index is 595. The SMILES string of the molecule is CC(C)Nc1cc(Cl)ncc1-c1cc(CCC=O)[nH]n1. The van der Waals surface area contributed by atoms with Gasteiger partial charge in [-0.2, -0.15) is 5.10 Å². The lowest BCUT2D eigenvalue weighted by Gasteiger charge is -2.13. The van der Waals surface area contributed by atoms with Crippen LogP contribution in [0.1, 0.15) is 26.0 Å². The van der Waals surface area contributed by atoms with E-state index in [9.17, 15) is 4.79 Å². The lowest BCUT2D eigenvalue weighted by Crippen LogP contribution is -2.10. The number of anilines is 1. The minimum absolute atomic E-state index is 0.278. The zero-order chi connectivity index (χ0) is 14.5. The van der Waals surface area contributed by atoms with Gasteiger partial charge in [-0.1, -0.05) is 11.6 Å². The predicted molar refractivity (Wildman–Crippen MR) is 80.0 cm³/mol. The highest BCUT2D eigenvalue weighted by Crippen LogP contribution is 2.28. The maximum absolute atomic E-state index is 10.4. The summed E-state index contributed by atoms with van der Waals surface area (Å²) in [6.45, 7) is 4.11. The van der Waals surface area contributed by atoms with Crippen molar-refractivity contribution in [1.82, 2.24) is 15.2 Å². The summed E-state index contributed by atoms with van der Waals surface area (Å²) < 4.78 is 0. The molecule has 0 saturated carbocycles. The van der Waals surface area contributed by atoms with Crippen LogP contribution in [0.5, 0.6) is 0 Å². The molecule has 2 rings (SSSR count). The number of nitrogens with zero attached hydrogens (tertiary/aromatic N) is 2. The van der Waals surface area contributed by atoms with Gasteiger partial charge in [0, 0.05) is 35.6 Å². The molecule has 0 spiro atoms. The van der Waals surface area contributed by atoms with Crippen LogP contribution in [0.25, 0.3) is 11.3 Å². The van der Waals surface area contributed by atoms with E-state index >= 15 is 0 Å². The Kier molecular flexibility index (Phi) is 4.74. The first-order valence-electron chi connectivity index (χ1n) is 6.50. The topological polar surface area (TPSA) is 70.7 Å². The maximum atomic E-state index is 10.4. The van der Waals surface area contributed by atoms with Gasteiger partial charge in [-0.3, -0.25) is 5.10 Å². The summed E-state index contributed by atoms with van der Waals surface area (Å²) in [4.78, 5) is 14.5. The molecule has 0 radical (unpaired) electrons. The summed E-state index contributed by atoms with van der Waals surface area (Å²) in [7, 11) is 0. The summed E-state index contributed by atoms with van der Waals surface area (Å²) in [6.07, 6.45) is 3.74. The highest BCUT2D eigenvalue weighted by Gasteiger charge is 2.11. The highest BCUT2D eigenvalue weighted by molar-refractivity contribution is 6.29. The van der Waals surface area contributed by atoms with E-state index in [4.69, 9.17) is 11.6 Å². The average molecular weight is 293 g/mol. The molecule has 0 aliphatic carbocycles. The second kappa shape index (κ2) is 6.52. The first-order valence-corrected chi connectivity index (χ1v) is 6.88. The van der Waals surface area contributed by atoms with Gasteiger partial charge in [0.1, 0.15) is 11.4 Å². The fourth-order valence-corrected chi connectivity index (χ4v) is 2.06. The molecule has 0 atom stereocenters. The van der Waals surface area contributed by atoms with Crippen LogP contribution < -0.4 is 5.32 Å². The molecule has 106 valence electrons. The van der Waals surface area contributed by atoms with Crippen molar-refractivity contribution in [3.63, 3.8) is 0 Å². The van der Waals surface area contributed by atoms with E-state index in [1.165, 1.54) is 0 Å². The number of carbonyl (C=O) groups is 1. The molecule has 0 aliphatic heterocycles. The Morgan fingerprint density at radius 1 is 1.45 bits per heavy atom. The van der Waals surface area contributed by atoms with Crippen molar-refractivity contribution in [2.24, 2.45) is 0 Å². The molecule has 0 unspecified atom stereocenters. The van der Waals surface area contributed by atoms with Crippen molar-refractivity contribution in [2.75, 3.05) is 5.32 Å². The van der Waals surface area contributed by atoms with Gasteiger partial charge in [0.25, 0.3) is 0 Å². The zero-order valence-corrected chi connectivity index (χ0v) is 12.2. The number of halogens is 1. The first-order chi connectivity index (χ1) is 9.60. The van der Waals surface area contributed by atoms with Crippen molar-refractivity contribution >= 4 is 23.6 Å². The Labute approximate surface area is 122 Å². The van der Waals surface area contributed by atoms with Gasteiger partial charge in [-0.05, 0) is 32.4 Å². The van der Waals surface area contributed by atoms with Crippen LogP contribution in [0, 0.1) is 0 Å². The third kappa shape index (κ3) is 3.57. The largest absolute Gasteiger partial charge is 0.382 e. The number of carbonyl (C=O) groups excluding carboxylic acids is 1. The molecule has 20 heavy (non-hydrogen) atoms. The van der Waals surface area contributed by atoms with Crippen molar-refractivity contribution in [3.8, 4) is 11.3 Å². The fourth-order valence-electron chi connectivity index (χ4n) is 1.91. The summed E-state index contributed by atoms with van der Waals surface area (Å²) in [5.74, 6) is 0. The monoisotopic (exact) mass is 292 g/mol. The van der Waals surface area contributed by atoms with Gasteiger partial charge in [0.15, 0.2) is 0 Å². The Hall–Kier alpha value is -1.88. The van der Waals surface area contributed by atoms with Crippen LogP contribution in [0.2, 0.25) is 5.15 Å². The number of aldehydes is 1. The van der Waals surface area contributed by atoms with Gasteiger partial charge in [-0.25, -0.2) is 4.98 Å². The van der Waals surface area contributed by atoms with Crippen molar-refractivity contribution < 1.29 is 4.79 Å². The zero-order valence-electron chi connectivity index (χ0n) is 11.5. The molecule has 0 amide bonds. The van der Waals surface area contributed by atoms with E-state index in [1.807, 2.05) is 6.07 Å². The minimum atomic E-state index is 0.278. The standard InChI is InChI=1S/C14H17ClN4O/c1-9(2)17-12-7-14(15)16-8-11(12)13-6-10(18-19-13)4-3-5-20/h5-9H,3-4H2,1-2H3,(H,16,17)(H,18,19). The maximum Gasteiger partial charge on any atom is 0.131 e. The van der Waals surface area contributed by atoms with Crippen molar-refractivity contribution in [2.45, 2.75) is 32.7 Å². The number of aromatic amines is 1. The van der Waals surface area contributed by atoms with Crippen LogP contribution in [0.15, 0.2) is 18.3 Å². The molecule has 0 fully saturated rings. The highest BCUT2D eigenvalue weighted by atomic mass is 35.5. The van der Waals surface area contributed by atoms with Gasteiger partial charge < -0.3 is 10.1 Å². The molecule has 0 aromatic carbocycles. The Morgan fingerprint density at radius 2 is 2.25 bits per heavy atom. The summed E-state index contributed by atoms with van der Waals surface area (Å²) in [5.41, 5.74) is 3.50. The average Bonchev–Trinajstić information content (AvgIpc) is 2.84. The fraction of sp³-hybridized carbons (Fsp3) is 0.357. The number of hydrogen-bond donors (Lipinski definition) is 2. The molecule has 6 heteroatoms. The smallest absolute Gasteiger partial charge is 0.131 e. The molecule has 0 bridgehead atoms. The molecule has 2 aromatic heterocycles. The van der Waals surface area contributed by atoms with Crippen LogP contribution in [0.3, 0.4) is 0 Å². The number of H-pyrrole nitrogens is 1. The van der Waals surface area contributed by atoms with Gasteiger partial charge in [0.2, 0.25) is 0 Å². The number of aryl methyl sites for hydroxylation is 1. The Morgan fingerprint density at radius 3 is 2.95 bits per heavy atom. The van der Waals surface area contributed by atoms with Gasteiger partial charge >= 0.3 is 0 Å². The number of nitrogens with one attached hydrogen (secondary N) is 2. The molecule has 0 aliphatic rings. The predicted octanol–water partition coefficient (Wildman–Crippen LogP) is 3.08. The van der Waals surface area contributed by atoms with Crippen LogP contribution in [-0.2, 0) is 11.2 Å². The van der Waals surface area contributed by atoms with Gasteiger partial charge in [0.05, 0.1) is 5.69 Å². The van der Waals surface area contributed by atoms with Gasteiger partial charge in [-0.15, -0.1) is 0 Å². The molecular weight excluding hydrogens is 276 g/mol.